The van der Waals surface area contributed by atoms with E-state index in [2.05, 4.69) is 5.32 Å². The number of alkyl halides is 3. The van der Waals surface area contributed by atoms with Crippen molar-refractivity contribution in [1.29, 1.82) is 0 Å². The molecule has 0 aromatic heterocycles. The first kappa shape index (κ1) is 16.4. The molecule has 1 aliphatic rings. The normalized spacial score (nSPS) is 16.9. The Balaban J connectivity index is 2.20. The minimum Gasteiger partial charge on any atom is -0.359 e. The van der Waals surface area contributed by atoms with Gasteiger partial charge >= 0.3 is 6.18 Å². The summed E-state index contributed by atoms with van der Waals surface area (Å²) in [7, 11) is 0. The van der Waals surface area contributed by atoms with E-state index >= 15 is 0 Å². The Morgan fingerprint density at radius 1 is 1.38 bits per heavy atom. The second-order valence-electron chi connectivity index (χ2n) is 5.46. The van der Waals surface area contributed by atoms with Gasteiger partial charge in [0.25, 0.3) is 0 Å². The molecular weight excluding hydrogens is 301 g/mol. The average Bonchev–Trinajstić information content (AvgIpc) is 3.19. The molecule has 1 aromatic rings. The van der Waals surface area contributed by atoms with Crippen molar-refractivity contribution in [3.63, 3.8) is 0 Å². The molecule has 0 saturated heterocycles. The van der Waals surface area contributed by atoms with E-state index in [9.17, 15) is 13.2 Å². The zero-order valence-corrected chi connectivity index (χ0v) is 12.9. The summed E-state index contributed by atoms with van der Waals surface area (Å²) in [5, 5.41) is 3.75. The predicted molar refractivity (Wildman–Crippen MR) is 80.0 cm³/mol. The van der Waals surface area contributed by atoms with E-state index < -0.39 is 12.7 Å². The maximum atomic E-state index is 12.7. The summed E-state index contributed by atoms with van der Waals surface area (Å²) in [6.07, 6.45) is -2.59. The molecule has 118 valence electrons. The molecule has 0 aliphatic heterocycles. The van der Waals surface area contributed by atoms with Crippen molar-refractivity contribution in [3.05, 3.63) is 28.8 Å². The zero-order chi connectivity index (χ0) is 15.6. The molecule has 6 heteroatoms. The van der Waals surface area contributed by atoms with Gasteiger partial charge in [-0.3, -0.25) is 0 Å². The first-order valence-electron chi connectivity index (χ1n) is 7.18. The Hall–Kier alpha value is -0.940. The van der Waals surface area contributed by atoms with Crippen LogP contribution in [0.4, 0.5) is 18.9 Å². The van der Waals surface area contributed by atoms with Crippen LogP contribution in [0, 0.1) is 0 Å². The standard InChI is InChI=1S/C15H20ClF3N2/c1-3-20-10(2)13-7-6-12(8-14(13)16)21(11-4-5-11)9-15(17,18)19/h6-8,10-11,20H,3-5,9H2,1-2H3. The molecule has 2 rings (SSSR count). The van der Waals surface area contributed by atoms with Crippen molar-refractivity contribution in [2.24, 2.45) is 0 Å². The third-order valence-electron chi connectivity index (χ3n) is 3.63. The molecule has 1 aliphatic carbocycles. The first-order valence-corrected chi connectivity index (χ1v) is 7.56. The smallest absolute Gasteiger partial charge is 0.359 e. The third-order valence-corrected chi connectivity index (χ3v) is 3.96. The van der Waals surface area contributed by atoms with E-state index in [0.717, 1.165) is 24.9 Å². The molecule has 21 heavy (non-hydrogen) atoms. The summed E-state index contributed by atoms with van der Waals surface area (Å²) >= 11 is 6.25. The first-order chi connectivity index (χ1) is 9.81. The average molecular weight is 321 g/mol. The van der Waals surface area contributed by atoms with Gasteiger partial charge in [-0.25, -0.2) is 0 Å². The molecule has 1 saturated carbocycles. The second kappa shape index (κ2) is 6.44. The number of hydrogen-bond donors (Lipinski definition) is 1. The van der Waals surface area contributed by atoms with Crippen molar-refractivity contribution in [2.45, 2.75) is 44.9 Å². The minimum atomic E-state index is -4.20. The summed E-state index contributed by atoms with van der Waals surface area (Å²) in [6.45, 7) is 3.87. The fraction of sp³-hybridized carbons (Fsp3) is 0.600. The molecule has 1 atom stereocenters. The van der Waals surface area contributed by atoms with E-state index in [1.807, 2.05) is 19.9 Å². The summed E-state index contributed by atoms with van der Waals surface area (Å²) in [4.78, 5) is 1.41. The zero-order valence-electron chi connectivity index (χ0n) is 12.2. The maximum Gasteiger partial charge on any atom is 0.405 e. The lowest BCUT2D eigenvalue weighted by molar-refractivity contribution is -0.120. The second-order valence-corrected chi connectivity index (χ2v) is 5.87. The van der Waals surface area contributed by atoms with Crippen LogP contribution in [0.2, 0.25) is 5.02 Å². The van der Waals surface area contributed by atoms with Crippen LogP contribution in [0.1, 0.15) is 38.3 Å². The Morgan fingerprint density at radius 2 is 2.05 bits per heavy atom. The van der Waals surface area contributed by atoms with Crippen LogP contribution < -0.4 is 10.2 Å². The van der Waals surface area contributed by atoms with Gasteiger partial charge in [-0.05, 0) is 44.0 Å². The van der Waals surface area contributed by atoms with E-state index in [1.165, 1.54) is 4.90 Å². The summed E-state index contributed by atoms with van der Waals surface area (Å²) in [5.41, 5.74) is 1.46. The topological polar surface area (TPSA) is 15.3 Å². The summed E-state index contributed by atoms with van der Waals surface area (Å²) < 4.78 is 38.1. The number of halogens is 4. The Kier molecular flexibility index (Phi) is 5.04. The van der Waals surface area contributed by atoms with Crippen molar-refractivity contribution in [3.8, 4) is 0 Å². The van der Waals surface area contributed by atoms with Crippen LogP contribution in [0.25, 0.3) is 0 Å². The van der Waals surface area contributed by atoms with Crippen LogP contribution in [-0.4, -0.2) is 25.3 Å². The van der Waals surface area contributed by atoms with Gasteiger partial charge in [0.2, 0.25) is 0 Å². The number of anilines is 1. The van der Waals surface area contributed by atoms with Crippen molar-refractivity contribution in [2.75, 3.05) is 18.0 Å². The Morgan fingerprint density at radius 3 is 2.52 bits per heavy atom. The third kappa shape index (κ3) is 4.51. The number of nitrogens with one attached hydrogen (secondary N) is 1. The monoisotopic (exact) mass is 320 g/mol. The predicted octanol–water partition coefficient (Wildman–Crippen LogP) is 4.54. The highest BCUT2D eigenvalue weighted by atomic mass is 35.5. The molecular formula is C15H20ClF3N2. The molecule has 0 radical (unpaired) electrons. The van der Waals surface area contributed by atoms with Gasteiger partial charge in [0, 0.05) is 22.8 Å². The van der Waals surface area contributed by atoms with Gasteiger partial charge in [0.15, 0.2) is 0 Å². The van der Waals surface area contributed by atoms with Crippen LogP contribution in [0.5, 0.6) is 0 Å². The van der Waals surface area contributed by atoms with E-state index in [1.54, 1.807) is 12.1 Å². The Labute approximate surface area is 128 Å². The lowest BCUT2D eigenvalue weighted by atomic mass is 10.1. The fourth-order valence-corrected chi connectivity index (χ4v) is 2.81. The van der Waals surface area contributed by atoms with E-state index in [-0.39, 0.29) is 12.1 Å². The molecule has 1 fully saturated rings. The molecule has 2 nitrogen and oxygen atoms in total. The number of nitrogens with zero attached hydrogens (tertiary/aromatic N) is 1. The van der Waals surface area contributed by atoms with Crippen molar-refractivity contribution >= 4 is 17.3 Å². The Bertz CT molecular complexity index is 486. The molecule has 0 bridgehead atoms. The van der Waals surface area contributed by atoms with Gasteiger partial charge in [0.05, 0.1) is 0 Å². The molecule has 0 amide bonds. The van der Waals surface area contributed by atoms with Crippen LogP contribution in [0.3, 0.4) is 0 Å². The highest BCUT2D eigenvalue weighted by Crippen LogP contribution is 2.36. The molecule has 0 spiro atoms. The van der Waals surface area contributed by atoms with Gasteiger partial charge in [-0.2, -0.15) is 13.2 Å². The summed E-state index contributed by atoms with van der Waals surface area (Å²) in [6, 6.07) is 5.26. The molecule has 1 N–H and O–H groups in total. The molecule has 1 aromatic carbocycles. The summed E-state index contributed by atoms with van der Waals surface area (Å²) in [5.74, 6) is 0. The van der Waals surface area contributed by atoms with Crippen LogP contribution >= 0.6 is 11.6 Å². The lowest BCUT2D eigenvalue weighted by Crippen LogP contribution is -2.36. The minimum absolute atomic E-state index is 0.0141. The largest absolute Gasteiger partial charge is 0.405 e. The quantitative estimate of drug-likeness (QED) is 0.827. The van der Waals surface area contributed by atoms with Crippen molar-refractivity contribution in [1.82, 2.24) is 5.32 Å². The van der Waals surface area contributed by atoms with Gasteiger partial charge in [-0.1, -0.05) is 24.6 Å². The van der Waals surface area contributed by atoms with E-state index in [4.69, 9.17) is 11.6 Å². The molecule has 1 unspecified atom stereocenters. The van der Waals surface area contributed by atoms with Gasteiger partial charge in [-0.15, -0.1) is 0 Å². The van der Waals surface area contributed by atoms with Crippen molar-refractivity contribution < 1.29 is 13.2 Å². The van der Waals surface area contributed by atoms with Crippen LogP contribution in [0.15, 0.2) is 18.2 Å². The number of rotatable bonds is 6. The number of hydrogen-bond acceptors (Lipinski definition) is 2. The van der Waals surface area contributed by atoms with Gasteiger partial charge in [0.1, 0.15) is 6.54 Å². The lowest BCUT2D eigenvalue weighted by Gasteiger charge is -2.27. The molecule has 0 heterocycles. The maximum absolute atomic E-state index is 12.7. The van der Waals surface area contributed by atoms with Crippen LogP contribution in [-0.2, 0) is 0 Å². The highest BCUT2D eigenvalue weighted by Gasteiger charge is 2.38. The van der Waals surface area contributed by atoms with Gasteiger partial charge < -0.3 is 10.2 Å². The number of benzene rings is 1. The SMILES string of the molecule is CCNC(C)c1ccc(N(CC(F)(F)F)C2CC2)cc1Cl. The van der Waals surface area contributed by atoms with E-state index in [0.29, 0.717) is 10.7 Å². The highest BCUT2D eigenvalue weighted by molar-refractivity contribution is 6.31. The fourth-order valence-electron chi connectivity index (χ4n) is 2.47.